The minimum absolute atomic E-state index is 0.239. The molecule has 1 fully saturated rings. The van der Waals surface area contributed by atoms with Crippen LogP contribution in [0, 0.1) is 6.92 Å². The van der Waals surface area contributed by atoms with Crippen LogP contribution >= 0.6 is 0 Å². The summed E-state index contributed by atoms with van der Waals surface area (Å²) >= 11 is 0. The number of benzene rings is 2. The molecule has 0 aliphatic heterocycles. The van der Waals surface area contributed by atoms with Gasteiger partial charge in [-0.15, -0.1) is 0 Å². The summed E-state index contributed by atoms with van der Waals surface area (Å²) in [5, 5.41) is 7.43. The number of hydrogen-bond acceptors (Lipinski definition) is 3. The van der Waals surface area contributed by atoms with E-state index in [2.05, 4.69) is 10.4 Å². The normalized spacial score (nSPS) is 14.3. The standard InChI is InChI=1S/C22H23N3O2/c1-16-15-20(24-25(16)17-9-3-2-4-10-17)22(26)23-19-13-7-8-14-21(19)27-18-11-5-6-12-18/h2-4,7-10,13-15,18H,5-6,11-12H2,1H3,(H,23,26). The number of aromatic nitrogens is 2. The van der Waals surface area contributed by atoms with Gasteiger partial charge in [0.2, 0.25) is 0 Å². The number of nitrogens with one attached hydrogen (secondary N) is 1. The maximum Gasteiger partial charge on any atom is 0.276 e. The number of carbonyl (C=O) groups excluding carboxylic acids is 1. The second kappa shape index (κ2) is 7.66. The summed E-state index contributed by atoms with van der Waals surface area (Å²) in [5.41, 5.74) is 2.90. The van der Waals surface area contributed by atoms with Crippen molar-refractivity contribution in [3.05, 3.63) is 72.1 Å². The number of aryl methyl sites for hydroxylation is 1. The molecule has 0 atom stereocenters. The van der Waals surface area contributed by atoms with Gasteiger partial charge in [-0.25, -0.2) is 4.68 Å². The highest BCUT2D eigenvalue weighted by molar-refractivity contribution is 6.03. The van der Waals surface area contributed by atoms with Crippen molar-refractivity contribution in [2.75, 3.05) is 5.32 Å². The van der Waals surface area contributed by atoms with Crippen LogP contribution in [0.3, 0.4) is 0 Å². The van der Waals surface area contributed by atoms with E-state index in [1.165, 1.54) is 12.8 Å². The van der Waals surface area contributed by atoms with Crippen LogP contribution in [-0.4, -0.2) is 21.8 Å². The Morgan fingerprint density at radius 2 is 1.78 bits per heavy atom. The molecule has 2 aromatic carbocycles. The molecule has 4 rings (SSSR count). The van der Waals surface area contributed by atoms with Gasteiger partial charge in [0.25, 0.3) is 5.91 Å². The number of ether oxygens (including phenoxy) is 1. The molecule has 0 spiro atoms. The number of hydrogen-bond donors (Lipinski definition) is 1. The van der Waals surface area contributed by atoms with Gasteiger partial charge < -0.3 is 10.1 Å². The molecule has 1 aliphatic rings. The third-order valence-corrected chi connectivity index (χ3v) is 4.85. The van der Waals surface area contributed by atoms with Crippen molar-refractivity contribution in [3.63, 3.8) is 0 Å². The Labute approximate surface area is 159 Å². The second-order valence-electron chi connectivity index (χ2n) is 6.89. The summed E-state index contributed by atoms with van der Waals surface area (Å²) in [5.74, 6) is 0.479. The summed E-state index contributed by atoms with van der Waals surface area (Å²) in [7, 11) is 0. The van der Waals surface area contributed by atoms with Gasteiger partial charge in [0, 0.05) is 5.69 Å². The highest BCUT2D eigenvalue weighted by Crippen LogP contribution is 2.30. The van der Waals surface area contributed by atoms with E-state index in [1.54, 1.807) is 10.7 Å². The quantitative estimate of drug-likeness (QED) is 0.713. The van der Waals surface area contributed by atoms with Gasteiger partial charge in [-0.2, -0.15) is 5.10 Å². The SMILES string of the molecule is Cc1cc(C(=O)Nc2ccccc2OC2CCCC2)nn1-c1ccccc1. The Hall–Kier alpha value is -3.08. The van der Waals surface area contributed by atoms with Crippen molar-refractivity contribution in [1.29, 1.82) is 0 Å². The van der Waals surface area contributed by atoms with E-state index in [0.29, 0.717) is 11.4 Å². The molecule has 5 heteroatoms. The molecule has 1 N–H and O–H groups in total. The Bertz CT molecular complexity index is 928. The minimum atomic E-state index is -0.241. The van der Waals surface area contributed by atoms with Crippen molar-refractivity contribution >= 4 is 11.6 Å². The molecule has 1 aromatic heterocycles. The van der Waals surface area contributed by atoms with E-state index < -0.39 is 0 Å². The number of para-hydroxylation sites is 3. The first-order valence-corrected chi connectivity index (χ1v) is 9.40. The zero-order valence-corrected chi connectivity index (χ0v) is 15.4. The highest BCUT2D eigenvalue weighted by atomic mass is 16.5. The van der Waals surface area contributed by atoms with E-state index in [4.69, 9.17) is 4.74 Å². The van der Waals surface area contributed by atoms with Crippen LogP contribution in [0.25, 0.3) is 5.69 Å². The summed E-state index contributed by atoms with van der Waals surface area (Å²) in [6, 6.07) is 19.2. The smallest absolute Gasteiger partial charge is 0.276 e. The van der Waals surface area contributed by atoms with Crippen LogP contribution in [-0.2, 0) is 0 Å². The summed E-state index contributed by atoms with van der Waals surface area (Å²) < 4.78 is 7.87. The van der Waals surface area contributed by atoms with Crippen molar-refractivity contribution in [1.82, 2.24) is 9.78 Å². The lowest BCUT2D eigenvalue weighted by Crippen LogP contribution is -2.16. The van der Waals surface area contributed by atoms with Gasteiger partial charge >= 0.3 is 0 Å². The summed E-state index contributed by atoms with van der Waals surface area (Å²) in [4.78, 5) is 12.8. The summed E-state index contributed by atoms with van der Waals surface area (Å²) in [6.07, 6.45) is 4.79. The zero-order chi connectivity index (χ0) is 18.6. The molecule has 138 valence electrons. The fourth-order valence-electron chi connectivity index (χ4n) is 3.46. The fraction of sp³-hybridized carbons (Fsp3) is 0.273. The van der Waals surface area contributed by atoms with Gasteiger partial charge in [0.15, 0.2) is 5.69 Å². The van der Waals surface area contributed by atoms with Crippen molar-refractivity contribution in [2.24, 2.45) is 0 Å². The predicted molar refractivity (Wildman–Crippen MR) is 106 cm³/mol. The largest absolute Gasteiger partial charge is 0.488 e. The number of amides is 1. The third kappa shape index (κ3) is 3.87. The lowest BCUT2D eigenvalue weighted by atomic mass is 10.2. The molecule has 5 nitrogen and oxygen atoms in total. The highest BCUT2D eigenvalue weighted by Gasteiger charge is 2.19. The Kier molecular flexibility index (Phi) is 4.92. The van der Waals surface area contributed by atoms with E-state index in [-0.39, 0.29) is 12.0 Å². The molecular weight excluding hydrogens is 338 g/mol. The van der Waals surface area contributed by atoms with Crippen LogP contribution in [0.5, 0.6) is 5.75 Å². The molecular formula is C22H23N3O2. The van der Waals surface area contributed by atoms with Crippen molar-refractivity contribution < 1.29 is 9.53 Å². The third-order valence-electron chi connectivity index (χ3n) is 4.85. The molecule has 0 bridgehead atoms. The lowest BCUT2D eigenvalue weighted by Gasteiger charge is -2.16. The van der Waals surface area contributed by atoms with Gasteiger partial charge in [-0.1, -0.05) is 30.3 Å². The molecule has 0 saturated heterocycles. The van der Waals surface area contributed by atoms with Crippen molar-refractivity contribution in [2.45, 2.75) is 38.7 Å². The molecule has 1 aliphatic carbocycles. The Morgan fingerprint density at radius 3 is 2.56 bits per heavy atom. The molecule has 1 saturated carbocycles. The first kappa shape index (κ1) is 17.3. The number of nitrogens with zero attached hydrogens (tertiary/aromatic N) is 2. The van der Waals surface area contributed by atoms with Gasteiger partial charge in [-0.05, 0) is 62.9 Å². The molecule has 0 unspecified atom stereocenters. The van der Waals surface area contributed by atoms with Crippen LogP contribution < -0.4 is 10.1 Å². The second-order valence-corrected chi connectivity index (χ2v) is 6.89. The molecule has 0 radical (unpaired) electrons. The molecule has 27 heavy (non-hydrogen) atoms. The molecule has 1 heterocycles. The first-order chi connectivity index (χ1) is 13.2. The van der Waals surface area contributed by atoms with Crippen LogP contribution in [0.15, 0.2) is 60.7 Å². The van der Waals surface area contributed by atoms with E-state index in [9.17, 15) is 4.79 Å². The topological polar surface area (TPSA) is 56.1 Å². The van der Waals surface area contributed by atoms with Crippen LogP contribution in [0.4, 0.5) is 5.69 Å². The van der Waals surface area contributed by atoms with Crippen molar-refractivity contribution in [3.8, 4) is 11.4 Å². The maximum atomic E-state index is 12.8. The van der Waals surface area contributed by atoms with E-state index >= 15 is 0 Å². The van der Waals surface area contributed by atoms with Crippen LogP contribution in [0.1, 0.15) is 41.9 Å². The maximum absolute atomic E-state index is 12.8. The van der Waals surface area contributed by atoms with E-state index in [1.807, 2.05) is 61.5 Å². The predicted octanol–water partition coefficient (Wildman–Crippen LogP) is 4.75. The fourth-order valence-corrected chi connectivity index (χ4v) is 3.46. The van der Waals surface area contributed by atoms with Crippen LogP contribution in [0.2, 0.25) is 0 Å². The first-order valence-electron chi connectivity index (χ1n) is 9.40. The van der Waals surface area contributed by atoms with E-state index in [0.717, 1.165) is 30.0 Å². The monoisotopic (exact) mass is 361 g/mol. The lowest BCUT2D eigenvalue weighted by molar-refractivity contribution is 0.102. The molecule has 1 amide bonds. The number of carbonyl (C=O) groups is 1. The average Bonchev–Trinajstić information content (AvgIpc) is 3.34. The molecule has 3 aromatic rings. The zero-order valence-electron chi connectivity index (χ0n) is 15.4. The Balaban J connectivity index is 1.53. The number of rotatable bonds is 5. The Morgan fingerprint density at radius 1 is 1.07 bits per heavy atom. The average molecular weight is 361 g/mol. The number of anilines is 1. The van der Waals surface area contributed by atoms with Gasteiger partial charge in [0.1, 0.15) is 5.75 Å². The summed E-state index contributed by atoms with van der Waals surface area (Å²) in [6.45, 7) is 1.94. The van der Waals surface area contributed by atoms with Gasteiger partial charge in [0.05, 0.1) is 17.5 Å². The minimum Gasteiger partial charge on any atom is -0.488 e. The van der Waals surface area contributed by atoms with Gasteiger partial charge in [-0.3, -0.25) is 4.79 Å².